The molecule has 1 saturated heterocycles. The highest BCUT2D eigenvalue weighted by Gasteiger charge is 2.32. The molecular weight excluding hydrogens is 316 g/mol. The number of carbonyl (C=O) groups excluding carboxylic acids is 1. The van der Waals surface area contributed by atoms with Gasteiger partial charge in [-0.05, 0) is 51.3 Å². The van der Waals surface area contributed by atoms with E-state index in [9.17, 15) is 4.79 Å². The zero-order valence-electron chi connectivity index (χ0n) is 14.8. The lowest BCUT2D eigenvalue weighted by Gasteiger charge is -2.23. The first-order chi connectivity index (χ1) is 12.0. The smallest absolute Gasteiger partial charge is 0.245 e. The minimum atomic E-state index is 0.00475. The van der Waals surface area contributed by atoms with Gasteiger partial charge in [-0.15, -0.1) is 0 Å². The van der Waals surface area contributed by atoms with E-state index in [1.165, 1.54) is 5.56 Å². The Hall–Kier alpha value is -2.70. The molecule has 0 bridgehead atoms. The van der Waals surface area contributed by atoms with E-state index in [1.807, 2.05) is 24.8 Å². The number of amides is 1. The first kappa shape index (κ1) is 15.8. The molecule has 1 aromatic carbocycles. The SMILES string of the molecule is Cc1ccc2nc(C3CCCN3C(=O)Cn3nc(C)nc3C)[nH]c2c1. The molecule has 1 N–H and O–H groups in total. The number of benzene rings is 1. The van der Waals surface area contributed by atoms with Crippen molar-refractivity contribution >= 4 is 16.9 Å². The lowest BCUT2D eigenvalue weighted by Crippen LogP contribution is -2.34. The van der Waals surface area contributed by atoms with E-state index in [2.05, 4.69) is 34.1 Å². The van der Waals surface area contributed by atoms with Crippen LogP contribution < -0.4 is 0 Å². The molecule has 7 heteroatoms. The van der Waals surface area contributed by atoms with Crippen LogP contribution in [0, 0.1) is 20.8 Å². The zero-order chi connectivity index (χ0) is 17.6. The van der Waals surface area contributed by atoms with Gasteiger partial charge in [0.25, 0.3) is 0 Å². The van der Waals surface area contributed by atoms with Gasteiger partial charge < -0.3 is 9.88 Å². The van der Waals surface area contributed by atoms with Gasteiger partial charge in [-0.1, -0.05) is 6.07 Å². The average molecular weight is 338 g/mol. The van der Waals surface area contributed by atoms with E-state index >= 15 is 0 Å². The standard InChI is InChI=1S/C18H22N6O/c1-11-6-7-14-15(9-11)21-18(20-14)16-5-4-8-23(16)17(25)10-24-13(3)19-12(2)22-24/h6-7,9,16H,4-5,8,10H2,1-3H3,(H,20,21). The molecule has 25 heavy (non-hydrogen) atoms. The molecule has 1 aliphatic rings. The van der Waals surface area contributed by atoms with Crippen LogP contribution in [0.15, 0.2) is 18.2 Å². The number of nitrogens with one attached hydrogen (secondary N) is 1. The van der Waals surface area contributed by atoms with Gasteiger partial charge in [0.05, 0.1) is 17.1 Å². The Morgan fingerprint density at radius 3 is 2.88 bits per heavy atom. The maximum atomic E-state index is 12.8. The summed E-state index contributed by atoms with van der Waals surface area (Å²) in [7, 11) is 0. The summed E-state index contributed by atoms with van der Waals surface area (Å²) in [5.74, 6) is 2.39. The predicted molar refractivity (Wildman–Crippen MR) is 94.0 cm³/mol. The topological polar surface area (TPSA) is 79.7 Å². The van der Waals surface area contributed by atoms with Crippen LogP contribution in [-0.4, -0.2) is 42.1 Å². The number of hydrogen-bond donors (Lipinski definition) is 1. The monoisotopic (exact) mass is 338 g/mol. The first-order valence-corrected chi connectivity index (χ1v) is 8.65. The van der Waals surface area contributed by atoms with Gasteiger partial charge in [0.15, 0.2) is 0 Å². The van der Waals surface area contributed by atoms with Crippen molar-refractivity contribution in [3.63, 3.8) is 0 Å². The lowest BCUT2D eigenvalue weighted by atomic mass is 10.2. The van der Waals surface area contributed by atoms with Crippen LogP contribution in [0.1, 0.15) is 41.9 Å². The van der Waals surface area contributed by atoms with Crippen molar-refractivity contribution < 1.29 is 4.79 Å². The number of likely N-dealkylation sites (tertiary alicyclic amines) is 1. The fourth-order valence-corrected chi connectivity index (χ4v) is 3.58. The second-order valence-corrected chi connectivity index (χ2v) is 6.75. The van der Waals surface area contributed by atoms with Crippen LogP contribution in [0.4, 0.5) is 0 Å². The number of H-pyrrole nitrogens is 1. The molecule has 2 aromatic heterocycles. The highest BCUT2D eigenvalue weighted by atomic mass is 16.2. The van der Waals surface area contributed by atoms with E-state index in [0.717, 1.165) is 42.1 Å². The Morgan fingerprint density at radius 1 is 1.28 bits per heavy atom. The van der Waals surface area contributed by atoms with Crippen molar-refractivity contribution in [2.24, 2.45) is 0 Å². The summed E-state index contributed by atoms with van der Waals surface area (Å²) in [4.78, 5) is 27.1. The van der Waals surface area contributed by atoms with Gasteiger partial charge in [0.2, 0.25) is 5.91 Å². The molecule has 3 heterocycles. The maximum Gasteiger partial charge on any atom is 0.245 e. The second kappa shape index (κ2) is 5.98. The summed E-state index contributed by atoms with van der Waals surface area (Å²) in [5.41, 5.74) is 3.17. The van der Waals surface area contributed by atoms with Gasteiger partial charge >= 0.3 is 0 Å². The second-order valence-electron chi connectivity index (χ2n) is 6.75. The molecule has 0 saturated carbocycles. The van der Waals surface area contributed by atoms with Crippen LogP contribution >= 0.6 is 0 Å². The number of aryl methyl sites for hydroxylation is 3. The Kier molecular flexibility index (Phi) is 3.78. The predicted octanol–water partition coefficient (Wildman–Crippen LogP) is 2.44. The van der Waals surface area contributed by atoms with Crippen molar-refractivity contribution in [1.29, 1.82) is 0 Å². The van der Waals surface area contributed by atoms with Gasteiger partial charge in [-0.3, -0.25) is 4.79 Å². The molecule has 1 aliphatic heterocycles. The van der Waals surface area contributed by atoms with Gasteiger partial charge in [0, 0.05) is 6.54 Å². The number of nitrogens with zero attached hydrogens (tertiary/aromatic N) is 5. The maximum absolute atomic E-state index is 12.8. The Bertz CT molecular complexity index is 940. The third kappa shape index (κ3) is 2.90. The van der Waals surface area contributed by atoms with Crippen molar-refractivity contribution in [1.82, 2.24) is 29.6 Å². The number of imidazole rings is 1. The molecule has 4 rings (SSSR count). The van der Waals surface area contributed by atoms with Crippen molar-refractivity contribution in [2.45, 2.75) is 46.2 Å². The molecule has 1 unspecified atom stereocenters. The molecule has 1 atom stereocenters. The third-order valence-electron chi connectivity index (χ3n) is 4.79. The lowest BCUT2D eigenvalue weighted by molar-refractivity contribution is -0.133. The molecule has 0 spiro atoms. The highest BCUT2D eigenvalue weighted by Crippen LogP contribution is 2.31. The van der Waals surface area contributed by atoms with Gasteiger partial charge in [0.1, 0.15) is 24.0 Å². The normalized spacial score (nSPS) is 17.6. The van der Waals surface area contributed by atoms with E-state index in [4.69, 9.17) is 4.98 Å². The Morgan fingerprint density at radius 2 is 2.12 bits per heavy atom. The number of aromatic amines is 1. The van der Waals surface area contributed by atoms with Crippen LogP contribution in [0.25, 0.3) is 11.0 Å². The quantitative estimate of drug-likeness (QED) is 0.795. The Labute approximate surface area is 146 Å². The van der Waals surface area contributed by atoms with Crippen molar-refractivity contribution in [2.75, 3.05) is 6.54 Å². The summed E-state index contributed by atoms with van der Waals surface area (Å²) in [6, 6.07) is 6.17. The zero-order valence-corrected chi connectivity index (χ0v) is 14.8. The third-order valence-corrected chi connectivity index (χ3v) is 4.79. The van der Waals surface area contributed by atoms with E-state index in [-0.39, 0.29) is 18.5 Å². The minimum Gasteiger partial charge on any atom is -0.340 e. The van der Waals surface area contributed by atoms with Crippen LogP contribution in [0.3, 0.4) is 0 Å². The number of carbonyl (C=O) groups is 1. The van der Waals surface area contributed by atoms with Crippen LogP contribution in [0.5, 0.6) is 0 Å². The molecule has 1 fully saturated rings. The fraction of sp³-hybridized carbons (Fsp3) is 0.444. The summed E-state index contributed by atoms with van der Waals surface area (Å²) in [6.45, 7) is 6.75. The van der Waals surface area contributed by atoms with E-state index in [1.54, 1.807) is 4.68 Å². The summed E-state index contributed by atoms with van der Waals surface area (Å²) >= 11 is 0. The fourth-order valence-electron chi connectivity index (χ4n) is 3.58. The van der Waals surface area contributed by atoms with Gasteiger partial charge in [-0.2, -0.15) is 5.10 Å². The molecule has 7 nitrogen and oxygen atoms in total. The average Bonchev–Trinajstić information content (AvgIpc) is 3.25. The van der Waals surface area contributed by atoms with Crippen LogP contribution in [0.2, 0.25) is 0 Å². The number of aromatic nitrogens is 5. The van der Waals surface area contributed by atoms with E-state index < -0.39 is 0 Å². The van der Waals surface area contributed by atoms with E-state index in [0.29, 0.717) is 5.82 Å². The first-order valence-electron chi connectivity index (χ1n) is 8.65. The van der Waals surface area contributed by atoms with Crippen molar-refractivity contribution in [3.8, 4) is 0 Å². The molecular formula is C18H22N6O. The number of rotatable bonds is 3. The van der Waals surface area contributed by atoms with Crippen LogP contribution in [-0.2, 0) is 11.3 Å². The number of fused-ring (bicyclic) bond motifs is 1. The molecule has 130 valence electrons. The largest absolute Gasteiger partial charge is 0.340 e. The minimum absolute atomic E-state index is 0.00475. The molecule has 3 aromatic rings. The summed E-state index contributed by atoms with van der Waals surface area (Å²) in [5, 5.41) is 4.30. The summed E-state index contributed by atoms with van der Waals surface area (Å²) in [6.07, 6.45) is 1.92. The summed E-state index contributed by atoms with van der Waals surface area (Å²) < 4.78 is 1.68. The Balaban J connectivity index is 1.58. The number of hydrogen-bond acceptors (Lipinski definition) is 4. The van der Waals surface area contributed by atoms with Gasteiger partial charge in [-0.25, -0.2) is 14.6 Å². The highest BCUT2D eigenvalue weighted by molar-refractivity contribution is 5.78. The molecule has 1 amide bonds. The molecule has 0 radical (unpaired) electrons. The molecule has 0 aliphatic carbocycles. The van der Waals surface area contributed by atoms with Crippen molar-refractivity contribution in [3.05, 3.63) is 41.2 Å².